The third-order valence-electron chi connectivity index (χ3n) is 2.73. The van der Waals surface area contributed by atoms with E-state index in [1.54, 1.807) is 4.90 Å². The predicted molar refractivity (Wildman–Crippen MR) is 66.0 cm³/mol. The van der Waals surface area contributed by atoms with Crippen molar-refractivity contribution in [3.05, 3.63) is 5.01 Å². The first-order valence-electron chi connectivity index (χ1n) is 5.83. The molecule has 1 fully saturated rings. The van der Waals surface area contributed by atoms with E-state index in [-0.39, 0.29) is 18.4 Å². The second-order valence-electron chi connectivity index (χ2n) is 4.83. The van der Waals surface area contributed by atoms with Gasteiger partial charge < -0.3 is 5.11 Å². The Hall–Kier alpha value is -1.01. The second kappa shape index (κ2) is 5.10. The molecule has 94 valence electrons. The summed E-state index contributed by atoms with van der Waals surface area (Å²) in [6, 6.07) is 0. The Morgan fingerprint density at radius 3 is 2.88 bits per heavy atom. The van der Waals surface area contributed by atoms with Crippen molar-refractivity contribution in [3.8, 4) is 0 Å². The van der Waals surface area contributed by atoms with Gasteiger partial charge in [-0.15, -0.1) is 10.2 Å². The summed E-state index contributed by atoms with van der Waals surface area (Å²) in [5.74, 6) is 0.617. The Morgan fingerprint density at radius 1 is 1.53 bits per heavy atom. The molecule has 5 nitrogen and oxygen atoms in total. The van der Waals surface area contributed by atoms with E-state index in [9.17, 15) is 4.79 Å². The number of anilines is 1. The summed E-state index contributed by atoms with van der Waals surface area (Å²) >= 11 is 1.48. The van der Waals surface area contributed by atoms with Gasteiger partial charge in [0.2, 0.25) is 11.0 Å². The highest BCUT2D eigenvalue weighted by Crippen LogP contribution is 2.28. The topological polar surface area (TPSA) is 66.3 Å². The first kappa shape index (κ1) is 12.4. The fraction of sp³-hybridized carbons (Fsp3) is 0.727. The van der Waals surface area contributed by atoms with E-state index in [4.69, 9.17) is 5.11 Å². The first-order valence-corrected chi connectivity index (χ1v) is 6.65. The molecule has 6 heteroatoms. The van der Waals surface area contributed by atoms with Gasteiger partial charge in [-0.3, -0.25) is 9.69 Å². The number of aliphatic hydroxyl groups excluding tert-OH is 1. The highest BCUT2D eigenvalue weighted by atomic mass is 32.1. The summed E-state index contributed by atoms with van der Waals surface area (Å²) < 4.78 is 0. The summed E-state index contributed by atoms with van der Waals surface area (Å²) in [5, 5.41) is 18.9. The van der Waals surface area contributed by atoms with Crippen LogP contribution in [0.1, 0.15) is 25.3 Å². The molecule has 0 saturated carbocycles. The molecule has 0 spiro atoms. The average Bonchev–Trinajstić information content (AvgIpc) is 2.83. The van der Waals surface area contributed by atoms with Crippen LogP contribution in [-0.4, -0.2) is 34.4 Å². The number of aliphatic hydroxyl groups is 1. The molecule has 1 atom stereocenters. The molecule has 1 amide bonds. The minimum Gasteiger partial charge on any atom is -0.396 e. The van der Waals surface area contributed by atoms with Gasteiger partial charge in [0.1, 0.15) is 5.01 Å². The molecule has 1 aliphatic heterocycles. The van der Waals surface area contributed by atoms with Crippen LogP contribution in [0.2, 0.25) is 0 Å². The van der Waals surface area contributed by atoms with Crippen LogP contribution in [0.3, 0.4) is 0 Å². The molecule has 1 saturated heterocycles. The van der Waals surface area contributed by atoms with E-state index in [0.29, 0.717) is 24.0 Å². The lowest BCUT2D eigenvalue weighted by molar-refractivity contribution is -0.117. The zero-order valence-electron chi connectivity index (χ0n) is 10.1. The van der Waals surface area contributed by atoms with Crippen molar-refractivity contribution in [2.45, 2.75) is 26.7 Å². The van der Waals surface area contributed by atoms with Gasteiger partial charge in [-0.25, -0.2) is 0 Å². The van der Waals surface area contributed by atoms with Crippen LogP contribution < -0.4 is 4.90 Å². The lowest BCUT2D eigenvalue weighted by Crippen LogP contribution is -2.24. The number of amides is 1. The molecule has 17 heavy (non-hydrogen) atoms. The van der Waals surface area contributed by atoms with Crippen LogP contribution in [0, 0.1) is 11.8 Å². The molecule has 0 radical (unpaired) electrons. The van der Waals surface area contributed by atoms with Crippen LogP contribution in [0.4, 0.5) is 5.13 Å². The quantitative estimate of drug-likeness (QED) is 0.874. The summed E-state index contributed by atoms with van der Waals surface area (Å²) in [7, 11) is 0. The zero-order chi connectivity index (χ0) is 12.4. The first-order chi connectivity index (χ1) is 8.10. The maximum absolute atomic E-state index is 11.7. The monoisotopic (exact) mass is 255 g/mol. The predicted octanol–water partition coefficient (Wildman–Crippen LogP) is 1.08. The normalized spacial score (nSPS) is 20.6. The van der Waals surface area contributed by atoms with Gasteiger partial charge in [-0.1, -0.05) is 25.2 Å². The highest BCUT2D eigenvalue weighted by molar-refractivity contribution is 7.15. The number of hydrogen-bond donors (Lipinski definition) is 1. The number of aromatic nitrogens is 2. The Morgan fingerprint density at radius 2 is 2.29 bits per heavy atom. The molecular weight excluding hydrogens is 238 g/mol. The molecule has 1 aromatic rings. The SMILES string of the molecule is CC(C)Cc1nnc(N2CC(CO)CC2=O)s1. The van der Waals surface area contributed by atoms with Crippen molar-refractivity contribution in [1.29, 1.82) is 0 Å². The van der Waals surface area contributed by atoms with Gasteiger partial charge in [-0.2, -0.15) is 0 Å². The Kier molecular flexibility index (Phi) is 3.73. The van der Waals surface area contributed by atoms with Crippen LogP contribution in [-0.2, 0) is 11.2 Å². The van der Waals surface area contributed by atoms with E-state index >= 15 is 0 Å². The summed E-state index contributed by atoms with van der Waals surface area (Å²) in [6.45, 7) is 4.87. The van der Waals surface area contributed by atoms with Crippen LogP contribution in [0.5, 0.6) is 0 Å². The minimum atomic E-state index is 0.0382. The third-order valence-corrected chi connectivity index (χ3v) is 3.70. The number of hydrogen-bond acceptors (Lipinski definition) is 5. The van der Waals surface area contributed by atoms with Gasteiger partial charge in [-0.05, 0) is 5.92 Å². The van der Waals surface area contributed by atoms with Gasteiger partial charge in [0.25, 0.3) is 0 Å². The van der Waals surface area contributed by atoms with Gasteiger partial charge in [0.05, 0.1) is 0 Å². The van der Waals surface area contributed by atoms with Crippen LogP contribution in [0.25, 0.3) is 0 Å². The van der Waals surface area contributed by atoms with Crippen molar-refractivity contribution in [1.82, 2.24) is 10.2 Å². The molecule has 0 aliphatic carbocycles. The van der Waals surface area contributed by atoms with Crippen LogP contribution in [0.15, 0.2) is 0 Å². The molecule has 1 N–H and O–H groups in total. The molecule has 1 aliphatic rings. The summed E-state index contributed by atoms with van der Waals surface area (Å²) in [5.41, 5.74) is 0. The fourth-order valence-corrected chi connectivity index (χ4v) is 2.95. The third kappa shape index (κ3) is 2.81. The lowest BCUT2D eigenvalue weighted by Gasteiger charge is -2.10. The van der Waals surface area contributed by atoms with E-state index in [1.807, 2.05) is 0 Å². The van der Waals surface area contributed by atoms with Crippen molar-refractivity contribution < 1.29 is 9.90 Å². The minimum absolute atomic E-state index is 0.0382. The molecule has 1 aromatic heterocycles. The van der Waals surface area contributed by atoms with E-state index in [0.717, 1.165) is 11.4 Å². The molecular formula is C11H17N3O2S. The second-order valence-corrected chi connectivity index (χ2v) is 5.87. The van der Waals surface area contributed by atoms with Crippen molar-refractivity contribution >= 4 is 22.4 Å². The number of carbonyl (C=O) groups is 1. The fourth-order valence-electron chi connectivity index (χ4n) is 1.87. The van der Waals surface area contributed by atoms with Crippen molar-refractivity contribution in [2.75, 3.05) is 18.1 Å². The number of carbonyl (C=O) groups excluding carboxylic acids is 1. The molecule has 0 aromatic carbocycles. The van der Waals surface area contributed by atoms with E-state index in [1.165, 1.54) is 11.3 Å². The zero-order valence-corrected chi connectivity index (χ0v) is 10.9. The lowest BCUT2D eigenvalue weighted by atomic mass is 10.1. The van der Waals surface area contributed by atoms with E-state index in [2.05, 4.69) is 24.0 Å². The highest BCUT2D eigenvalue weighted by Gasteiger charge is 2.32. The smallest absolute Gasteiger partial charge is 0.229 e. The van der Waals surface area contributed by atoms with Crippen molar-refractivity contribution in [2.24, 2.45) is 11.8 Å². The summed E-state index contributed by atoms with van der Waals surface area (Å²) in [4.78, 5) is 13.4. The van der Waals surface area contributed by atoms with Gasteiger partial charge >= 0.3 is 0 Å². The maximum Gasteiger partial charge on any atom is 0.229 e. The largest absolute Gasteiger partial charge is 0.396 e. The Labute approximate surface area is 104 Å². The average molecular weight is 255 g/mol. The molecule has 1 unspecified atom stereocenters. The maximum atomic E-state index is 11.7. The van der Waals surface area contributed by atoms with E-state index < -0.39 is 0 Å². The molecule has 0 bridgehead atoms. The molecule has 2 heterocycles. The Balaban J connectivity index is 2.07. The summed E-state index contributed by atoms with van der Waals surface area (Å²) in [6.07, 6.45) is 1.30. The van der Waals surface area contributed by atoms with Crippen LogP contribution >= 0.6 is 11.3 Å². The van der Waals surface area contributed by atoms with Gasteiger partial charge in [0, 0.05) is 31.9 Å². The number of rotatable bonds is 4. The van der Waals surface area contributed by atoms with Gasteiger partial charge in [0.15, 0.2) is 0 Å². The molecule has 2 rings (SSSR count). The van der Waals surface area contributed by atoms with Crippen molar-refractivity contribution in [3.63, 3.8) is 0 Å². The Bertz CT molecular complexity index is 405. The number of nitrogens with zero attached hydrogens (tertiary/aromatic N) is 3. The standard InChI is InChI=1S/C11H17N3O2S/c1-7(2)3-9-12-13-11(17-9)14-5-8(6-15)4-10(14)16/h7-8,15H,3-6H2,1-2H3.